The van der Waals surface area contributed by atoms with Crippen LogP contribution < -0.4 is 27.0 Å². The summed E-state index contributed by atoms with van der Waals surface area (Å²) >= 11 is 0. The SMILES string of the molecule is CC1(C)CNCCNCC(C)(N)CNCCNC1. The van der Waals surface area contributed by atoms with E-state index in [1.807, 2.05) is 0 Å². The molecule has 0 aliphatic carbocycles. The van der Waals surface area contributed by atoms with Crippen LogP contribution >= 0.6 is 0 Å². The molecule has 1 fully saturated rings. The van der Waals surface area contributed by atoms with E-state index in [0.717, 1.165) is 52.4 Å². The van der Waals surface area contributed by atoms with Crippen LogP contribution in [0.25, 0.3) is 0 Å². The molecular weight excluding hydrogens is 226 g/mol. The lowest BCUT2D eigenvalue weighted by atomic mass is 9.93. The Morgan fingerprint density at radius 1 is 0.667 bits per heavy atom. The summed E-state index contributed by atoms with van der Waals surface area (Å²) in [4.78, 5) is 0. The van der Waals surface area contributed by atoms with E-state index in [4.69, 9.17) is 5.73 Å². The fraction of sp³-hybridized carbons (Fsp3) is 1.00. The first-order chi connectivity index (χ1) is 8.41. The third-order valence-corrected chi connectivity index (χ3v) is 3.22. The molecule has 1 rings (SSSR count). The Bertz CT molecular complexity index is 183. The van der Waals surface area contributed by atoms with Crippen LogP contribution in [0.4, 0.5) is 0 Å². The average molecular weight is 257 g/mol. The Morgan fingerprint density at radius 2 is 1.00 bits per heavy atom. The number of nitrogens with one attached hydrogen (secondary N) is 4. The second-order valence-corrected chi connectivity index (χ2v) is 6.53. The standard InChI is InChI=1S/C13H31N5/c1-12(2)8-15-4-6-17-10-13(3,14)11-18-7-5-16-9-12/h15-18H,4-11,14H2,1-3H3. The van der Waals surface area contributed by atoms with Gasteiger partial charge in [-0.3, -0.25) is 0 Å². The van der Waals surface area contributed by atoms with Gasteiger partial charge in [-0.05, 0) is 12.3 Å². The Labute approximate surface area is 112 Å². The van der Waals surface area contributed by atoms with E-state index in [0.29, 0.717) is 5.41 Å². The van der Waals surface area contributed by atoms with Gasteiger partial charge >= 0.3 is 0 Å². The molecule has 1 aliphatic rings. The largest absolute Gasteiger partial charge is 0.323 e. The topological polar surface area (TPSA) is 74.1 Å². The van der Waals surface area contributed by atoms with Crippen molar-refractivity contribution in [1.82, 2.24) is 21.3 Å². The minimum Gasteiger partial charge on any atom is -0.323 e. The predicted molar refractivity (Wildman–Crippen MR) is 77.9 cm³/mol. The zero-order valence-electron chi connectivity index (χ0n) is 12.2. The maximum atomic E-state index is 6.20. The van der Waals surface area contributed by atoms with Gasteiger partial charge < -0.3 is 27.0 Å². The molecule has 0 spiro atoms. The zero-order chi connectivity index (χ0) is 13.5. The van der Waals surface area contributed by atoms with Gasteiger partial charge in [0.2, 0.25) is 0 Å². The molecule has 0 unspecified atom stereocenters. The number of hydrogen-bond donors (Lipinski definition) is 5. The van der Waals surface area contributed by atoms with Crippen molar-refractivity contribution in [2.45, 2.75) is 26.3 Å². The van der Waals surface area contributed by atoms with E-state index in [1.54, 1.807) is 0 Å². The van der Waals surface area contributed by atoms with Gasteiger partial charge in [-0.15, -0.1) is 0 Å². The highest BCUT2D eigenvalue weighted by atomic mass is 15.0. The van der Waals surface area contributed by atoms with Gasteiger partial charge in [0.15, 0.2) is 0 Å². The molecule has 18 heavy (non-hydrogen) atoms. The zero-order valence-corrected chi connectivity index (χ0v) is 12.2. The average Bonchev–Trinajstić information content (AvgIpc) is 2.27. The van der Waals surface area contributed by atoms with Crippen LogP contribution in [-0.2, 0) is 0 Å². The quantitative estimate of drug-likeness (QED) is 0.389. The van der Waals surface area contributed by atoms with Crippen molar-refractivity contribution in [2.75, 3.05) is 52.4 Å². The molecule has 0 saturated carbocycles. The van der Waals surface area contributed by atoms with Crippen LogP contribution in [0.5, 0.6) is 0 Å². The van der Waals surface area contributed by atoms with Gasteiger partial charge in [0.1, 0.15) is 0 Å². The Morgan fingerprint density at radius 3 is 1.39 bits per heavy atom. The first-order valence-corrected chi connectivity index (χ1v) is 7.03. The van der Waals surface area contributed by atoms with Gasteiger partial charge in [0, 0.05) is 57.9 Å². The van der Waals surface area contributed by atoms with Gasteiger partial charge in [-0.2, -0.15) is 0 Å². The summed E-state index contributed by atoms with van der Waals surface area (Å²) in [5.41, 5.74) is 6.33. The highest BCUT2D eigenvalue weighted by molar-refractivity contribution is 4.84. The van der Waals surface area contributed by atoms with Crippen molar-refractivity contribution in [3.63, 3.8) is 0 Å². The first-order valence-electron chi connectivity index (χ1n) is 7.03. The van der Waals surface area contributed by atoms with Crippen LogP contribution in [0.3, 0.4) is 0 Å². The van der Waals surface area contributed by atoms with Crippen LogP contribution in [0, 0.1) is 5.41 Å². The smallest absolute Gasteiger partial charge is 0.0378 e. The monoisotopic (exact) mass is 257 g/mol. The molecule has 5 heteroatoms. The molecule has 5 nitrogen and oxygen atoms in total. The molecule has 1 aliphatic heterocycles. The van der Waals surface area contributed by atoms with Crippen molar-refractivity contribution >= 4 is 0 Å². The van der Waals surface area contributed by atoms with Crippen molar-refractivity contribution in [3.8, 4) is 0 Å². The summed E-state index contributed by atoms with van der Waals surface area (Å²) in [6.45, 7) is 14.4. The van der Waals surface area contributed by atoms with Crippen molar-refractivity contribution in [1.29, 1.82) is 0 Å². The van der Waals surface area contributed by atoms with E-state index in [9.17, 15) is 0 Å². The van der Waals surface area contributed by atoms with Crippen LogP contribution in [0.2, 0.25) is 0 Å². The summed E-state index contributed by atoms with van der Waals surface area (Å²) in [5.74, 6) is 0. The Balaban J connectivity index is 2.36. The van der Waals surface area contributed by atoms with E-state index < -0.39 is 0 Å². The Hall–Kier alpha value is -0.200. The maximum Gasteiger partial charge on any atom is 0.0378 e. The molecule has 6 N–H and O–H groups in total. The van der Waals surface area contributed by atoms with Gasteiger partial charge in [0.25, 0.3) is 0 Å². The summed E-state index contributed by atoms with van der Waals surface area (Å²) in [6.07, 6.45) is 0. The van der Waals surface area contributed by atoms with E-state index in [2.05, 4.69) is 42.0 Å². The summed E-state index contributed by atoms with van der Waals surface area (Å²) in [7, 11) is 0. The lowest BCUT2D eigenvalue weighted by Gasteiger charge is -2.28. The molecular formula is C13H31N5. The molecule has 1 saturated heterocycles. The van der Waals surface area contributed by atoms with Crippen molar-refractivity contribution in [2.24, 2.45) is 11.1 Å². The minimum absolute atomic E-state index is 0.177. The van der Waals surface area contributed by atoms with Crippen LogP contribution in [0.1, 0.15) is 20.8 Å². The highest BCUT2D eigenvalue weighted by Gasteiger charge is 2.19. The van der Waals surface area contributed by atoms with Gasteiger partial charge in [0.05, 0.1) is 0 Å². The molecule has 0 amide bonds. The summed E-state index contributed by atoms with van der Waals surface area (Å²) < 4.78 is 0. The minimum atomic E-state index is -0.177. The molecule has 1 heterocycles. The summed E-state index contributed by atoms with van der Waals surface area (Å²) in [5, 5.41) is 13.8. The second kappa shape index (κ2) is 7.40. The fourth-order valence-corrected chi connectivity index (χ4v) is 2.08. The number of hydrogen-bond acceptors (Lipinski definition) is 5. The highest BCUT2D eigenvalue weighted by Crippen LogP contribution is 2.11. The van der Waals surface area contributed by atoms with Crippen LogP contribution in [0.15, 0.2) is 0 Å². The van der Waals surface area contributed by atoms with Crippen molar-refractivity contribution in [3.05, 3.63) is 0 Å². The lowest BCUT2D eigenvalue weighted by molar-refractivity contribution is 0.313. The maximum absolute atomic E-state index is 6.20. The summed E-state index contributed by atoms with van der Waals surface area (Å²) in [6, 6.07) is 0. The molecule has 0 aromatic rings. The van der Waals surface area contributed by atoms with E-state index in [1.165, 1.54) is 0 Å². The molecule has 0 aromatic carbocycles. The lowest BCUT2D eigenvalue weighted by Crippen LogP contribution is -2.55. The predicted octanol–water partition coefficient (Wildman–Crippen LogP) is -0.898. The Kier molecular flexibility index (Phi) is 6.52. The third-order valence-electron chi connectivity index (χ3n) is 3.22. The molecule has 0 aromatic heterocycles. The number of rotatable bonds is 0. The number of nitrogens with two attached hydrogens (primary N) is 1. The van der Waals surface area contributed by atoms with Gasteiger partial charge in [-0.1, -0.05) is 13.8 Å². The normalized spacial score (nSPS) is 27.3. The van der Waals surface area contributed by atoms with E-state index >= 15 is 0 Å². The second-order valence-electron chi connectivity index (χ2n) is 6.53. The van der Waals surface area contributed by atoms with Gasteiger partial charge in [-0.25, -0.2) is 0 Å². The molecule has 108 valence electrons. The molecule has 0 radical (unpaired) electrons. The fourth-order valence-electron chi connectivity index (χ4n) is 2.08. The first kappa shape index (κ1) is 15.9. The van der Waals surface area contributed by atoms with Crippen LogP contribution in [-0.4, -0.2) is 57.9 Å². The van der Waals surface area contributed by atoms with E-state index in [-0.39, 0.29) is 5.54 Å². The van der Waals surface area contributed by atoms with Crippen molar-refractivity contribution < 1.29 is 0 Å². The molecule has 0 atom stereocenters. The molecule has 0 bridgehead atoms. The third kappa shape index (κ3) is 7.28.